The molecule has 1 aliphatic rings. The SMILES string of the molecule is Cc1ccc(OCC(=O)N2c3ccccc3CC2C)cc1. The molecular formula is C18H19NO2. The van der Waals surface area contributed by atoms with E-state index in [-0.39, 0.29) is 18.6 Å². The first-order valence-electron chi connectivity index (χ1n) is 7.24. The van der Waals surface area contributed by atoms with Crippen LogP contribution in [0.3, 0.4) is 0 Å². The molecule has 0 saturated carbocycles. The van der Waals surface area contributed by atoms with Gasteiger partial charge in [-0.25, -0.2) is 0 Å². The predicted octanol–water partition coefficient (Wildman–Crippen LogP) is 3.35. The number of fused-ring (bicyclic) bond motifs is 1. The minimum Gasteiger partial charge on any atom is -0.484 e. The highest BCUT2D eigenvalue weighted by Crippen LogP contribution is 2.31. The van der Waals surface area contributed by atoms with Crippen LogP contribution in [0.2, 0.25) is 0 Å². The van der Waals surface area contributed by atoms with E-state index >= 15 is 0 Å². The maximum absolute atomic E-state index is 12.5. The van der Waals surface area contributed by atoms with Crippen LogP contribution in [-0.2, 0) is 11.2 Å². The van der Waals surface area contributed by atoms with E-state index in [9.17, 15) is 4.79 Å². The fourth-order valence-corrected chi connectivity index (χ4v) is 2.79. The maximum atomic E-state index is 12.5. The first-order valence-corrected chi connectivity index (χ1v) is 7.24. The third-order valence-corrected chi connectivity index (χ3v) is 3.86. The number of amides is 1. The molecular weight excluding hydrogens is 262 g/mol. The lowest BCUT2D eigenvalue weighted by Gasteiger charge is -2.22. The first kappa shape index (κ1) is 13.7. The molecule has 0 N–H and O–H groups in total. The molecule has 0 radical (unpaired) electrons. The van der Waals surface area contributed by atoms with Gasteiger partial charge in [0.15, 0.2) is 6.61 Å². The summed E-state index contributed by atoms with van der Waals surface area (Å²) < 4.78 is 5.61. The molecule has 3 heteroatoms. The summed E-state index contributed by atoms with van der Waals surface area (Å²) in [5.41, 5.74) is 3.42. The Morgan fingerprint density at radius 3 is 2.67 bits per heavy atom. The summed E-state index contributed by atoms with van der Waals surface area (Å²) in [6.45, 7) is 4.17. The average molecular weight is 281 g/mol. The predicted molar refractivity (Wildman–Crippen MR) is 83.8 cm³/mol. The number of rotatable bonds is 3. The zero-order chi connectivity index (χ0) is 14.8. The van der Waals surface area contributed by atoms with Crippen molar-refractivity contribution in [1.29, 1.82) is 0 Å². The molecule has 1 atom stereocenters. The highest BCUT2D eigenvalue weighted by molar-refractivity contribution is 5.97. The Balaban J connectivity index is 1.70. The minimum absolute atomic E-state index is 0.00743. The van der Waals surface area contributed by atoms with Gasteiger partial charge in [-0.1, -0.05) is 35.9 Å². The number of nitrogens with zero attached hydrogens (tertiary/aromatic N) is 1. The molecule has 3 rings (SSSR count). The quantitative estimate of drug-likeness (QED) is 0.863. The van der Waals surface area contributed by atoms with Gasteiger partial charge in [0.2, 0.25) is 0 Å². The summed E-state index contributed by atoms with van der Waals surface area (Å²) in [6, 6.07) is 16.0. The van der Waals surface area contributed by atoms with Crippen molar-refractivity contribution < 1.29 is 9.53 Å². The number of anilines is 1. The molecule has 1 unspecified atom stereocenters. The maximum Gasteiger partial charge on any atom is 0.265 e. The van der Waals surface area contributed by atoms with Gasteiger partial charge < -0.3 is 9.64 Å². The zero-order valence-corrected chi connectivity index (χ0v) is 12.4. The molecule has 0 aromatic heterocycles. The molecule has 0 fully saturated rings. The van der Waals surface area contributed by atoms with E-state index in [4.69, 9.17) is 4.74 Å². The topological polar surface area (TPSA) is 29.5 Å². The van der Waals surface area contributed by atoms with Crippen molar-refractivity contribution >= 4 is 11.6 Å². The van der Waals surface area contributed by atoms with Gasteiger partial charge in [0.25, 0.3) is 5.91 Å². The van der Waals surface area contributed by atoms with Gasteiger partial charge in [-0.3, -0.25) is 4.79 Å². The van der Waals surface area contributed by atoms with Gasteiger partial charge in [0, 0.05) is 11.7 Å². The van der Waals surface area contributed by atoms with Crippen molar-refractivity contribution in [2.24, 2.45) is 0 Å². The van der Waals surface area contributed by atoms with Crippen molar-refractivity contribution in [3.8, 4) is 5.75 Å². The Morgan fingerprint density at radius 1 is 1.19 bits per heavy atom. The lowest BCUT2D eigenvalue weighted by Crippen LogP contribution is -2.39. The molecule has 0 aliphatic carbocycles. The smallest absolute Gasteiger partial charge is 0.265 e. The fourth-order valence-electron chi connectivity index (χ4n) is 2.79. The van der Waals surface area contributed by atoms with Crippen LogP contribution in [0, 0.1) is 6.92 Å². The standard InChI is InChI=1S/C18H19NO2/c1-13-7-9-16(10-8-13)21-12-18(20)19-14(2)11-15-5-3-4-6-17(15)19/h3-10,14H,11-12H2,1-2H3. The number of hydrogen-bond acceptors (Lipinski definition) is 2. The van der Waals surface area contributed by atoms with Crippen LogP contribution < -0.4 is 9.64 Å². The number of benzene rings is 2. The van der Waals surface area contributed by atoms with Gasteiger partial charge in [0.05, 0.1) is 0 Å². The van der Waals surface area contributed by atoms with Crippen molar-refractivity contribution in [2.75, 3.05) is 11.5 Å². The molecule has 3 nitrogen and oxygen atoms in total. The van der Waals surface area contributed by atoms with Crippen molar-refractivity contribution in [3.05, 3.63) is 59.7 Å². The van der Waals surface area contributed by atoms with Gasteiger partial charge in [0.1, 0.15) is 5.75 Å². The Labute approximate surface area is 125 Å². The third kappa shape index (κ3) is 2.77. The van der Waals surface area contributed by atoms with E-state index in [1.807, 2.05) is 54.3 Å². The second kappa shape index (κ2) is 5.60. The second-order valence-electron chi connectivity index (χ2n) is 5.55. The van der Waals surface area contributed by atoms with E-state index < -0.39 is 0 Å². The van der Waals surface area contributed by atoms with E-state index in [1.54, 1.807) is 0 Å². The largest absolute Gasteiger partial charge is 0.484 e. The Hall–Kier alpha value is -2.29. The number of aryl methyl sites for hydroxylation is 1. The van der Waals surface area contributed by atoms with E-state index in [2.05, 4.69) is 13.0 Å². The summed E-state index contributed by atoms with van der Waals surface area (Å²) in [5, 5.41) is 0. The first-order chi connectivity index (χ1) is 10.1. The summed E-state index contributed by atoms with van der Waals surface area (Å²) in [6.07, 6.45) is 0.909. The fraction of sp³-hybridized carbons (Fsp3) is 0.278. The Kier molecular flexibility index (Phi) is 3.65. The van der Waals surface area contributed by atoms with Gasteiger partial charge in [-0.05, 0) is 44.0 Å². The minimum atomic E-state index is 0.00743. The summed E-state index contributed by atoms with van der Waals surface area (Å²) in [5.74, 6) is 0.738. The van der Waals surface area contributed by atoms with Crippen molar-refractivity contribution in [1.82, 2.24) is 0 Å². The highest BCUT2D eigenvalue weighted by Gasteiger charge is 2.30. The zero-order valence-electron chi connectivity index (χ0n) is 12.4. The number of carbonyl (C=O) groups excluding carboxylic acids is 1. The molecule has 0 spiro atoms. The monoisotopic (exact) mass is 281 g/mol. The molecule has 2 aromatic rings. The summed E-state index contributed by atoms with van der Waals surface area (Å²) >= 11 is 0. The number of carbonyl (C=O) groups is 1. The van der Waals surface area contributed by atoms with Crippen molar-refractivity contribution in [3.63, 3.8) is 0 Å². The Bertz CT molecular complexity index is 649. The molecule has 0 saturated heterocycles. The van der Waals surface area contributed by atoms with E-state index in [0.29, 0.717) is 0 Å². The molecule has 21 heavy (non-hydrogen) atoms. The van der Waals surface area contributed by atoms with Crippen LogP contribution in [0.4, 0.5) is 5.69 Å². The van der Waals surface area contributed by atoms with Gasteiger partial charge in [-0.2, -0.15) is 0 Å². The van der Waals surface area contributed by atoms with E-state index in [0.717, 1.165) is 17.9 Å². The summed E-state index contributed by atoms with van der Waals surface area (Å²) in [7, 11) is 0. The molecule has 1 heterocycles. The number of ether oxygens (including phenoxy) is 1. The lowest BCUT2D eigenvalue weighted by atomic mass is 10.1. The molecule has 108 valence electrons. The van der Waals surface area contributed by atoms with Crippen LogP contribution in [0.15, 0.2) is 48.5 Å². The van der Waals surface area contributed by atoms with Crippen molar-refractivity contribution in [2.45, 2.75) is 26.3 Å². The van der Waals surface area contributed by atoms with Gasteiger partial charge in [-0.15, -0.1) is 0 Å². The van der Waals surface area contributed by atoms with Crippen LogP contribution in [0.5, 0.6) is 5.75 Å². The third-order valence-electron chi connectivity index (χ3n) is 3.86. The van der Waals surface area contributed by atoms with E-state index in [1.165, 1.54) is 11.1 Å². The average Bonchev–Trinajstić information content (AvgIpc) is 2.82. The van der Waals surface area contributed by atoms with Crippen LogP contribution in [0.1, 0.15) is 18.1 Å². The lowest BCUT2D eigenvalue weighted by molar-refractivity contribution is -0.120. The van der Waals surface area contributed by atoms with Crippen LogP contribution in [-0.4, -0.2) is 18.6 Å². The normalized spacial score (nSPS) is 16.7. The highest BCUT2D eigenvalue weighted by atomic mass is 16.5. The second-order valence-corrected chi connectivity index (χ2v) is 5.55. The Morgan fingerprint density at radius 2 is 1.90 bits per heavy atom. The number of para-hydroxylation sites is 1. The summed E-state index contributed by atoms with van der Waals surface area (Å²) in [4.78, 5) is 14.3. The van der Waals surface area contributed by atoms with Crippen LogP contribution >= 0.6 is 0 Å². The number of hydrogen-bond donors (Lipinski definition) is 0. The molecule has 1 aliphatic heterocycles. The molecule has 1 amide bonds. The molecule has 2 aromatic carbocycles. The van der Waals surface area contributed by atoms with Crippen LogP contribution in [0.25, 0.3) is 0 Å². The molecule has 0 bridgehead atoms. The van der Waals surface area contributed by atoms with Gasteiger partial charge >= 0.3 is 0 Å².